The van der Waals surface area contributed by atoms with Gasteiger partial charge in [0, 0.05) is 11.6 Å². The van der Waals surface area contributed by atoms with Crippen molar-refractivity contribution in [1.82, 2.24) is 4.98 Å². The van der Waals surface area contributed by atoms with Crippen molar-refractivity contribution < 1.29 is 9.90 Å². The topological polar surface area (TPSA) is 50.2 Å². The number of hydrogen-bond donors (Lipinski definition) is 1. The van der Waals surface area contributed by atoms with E-state index in [1.54, 1.807) is 13.1 Å². The van der Waals surface area contributed by atoms with Crippen LogP contribution in [0.15, 0.2) is 36.5 Å². The number of carbonyl (C=O) groups is 1. The first-order valence-corrected chi connectivity index (χ1v) is 4.76. The number of pyridine rings is 1. The van der Waals surface area contributed by atoms with E-state index in [0.29, 0.717) is 0 Å². The molecule has 0 aliphatic rings. The first kappa shape index (κ1) is 9.65. The molecule has 0 radical (unpaired) electrons. The summed E-state index contributed by atoms with van der Waals surface area (Å²) in [5, 5.41) is 9.91. The van der Waals surface area contributed by atoms with Crippen LogP contribution < -0.4 is 0 Å². The van der Waals surface area contributed by atoms with E-state index in [0.717, 1.165) is 16.5 Å². The zero-order valence-corrected chi connectivity index (χ0v) is 8.34. The van der Waals surface area contributed by atoms with Crippen molar-refractivity contribution in [2.24, 2.45) is 0 Å². The molecule has 2 aromatic rings. The van der Waals surface area contributed by atoms with E-state index in [9.17, 15) is 4.79 Å². The summed E-state index contributed by atoms with van der Waals surface area (Å²) in [7, 11) is 0. The van der Waals surface area contributed by atoms with Crippen LogP contribution in [0.5, 0.6) is 0 Å². The largest absolute Gasteiger partial charge is 0.481 e. The fraction of sp³-hybridized carbons (Fsp3) is 0.167. The second-order valence-electron chi connectivity index (χ2n) is 3.52. The maximum Gasteiger partial charge on any atom is 0.310 e. The summed E-state index contributed by atoms with van der Waals surface area (Å²) < 4.78 is 0. The minimum absolute atomic E-state index is 0.489. The van der Waals surface area contributed by atoms with E-state index in [-0.39, 0.29) is 0 Å². The van der Waals surface area contributed by atoms with Crippen LogP contribution in [-0.2, 0) is 4.79 Å². The average molecular weight is 201 g/mol. The maximum atomic E-state index is 10.8. The van der Waals surface area contributed by atoms with E-state index in [2.05, 4.69) is 4.98 Å². The van der Waals surface area contributed by atoms with Gasteiger partial charge in [0.1, 0.15) is 0 Å². The van der Waals surface area contributed by atoms with Crippen LogP contribution in [0.1, 0.15) is 18.4 Å². The van der Waals surface area contributed by atoms with Crippen molar-refractivity contribution in [1.29, 1.82) is 0 Å². The van der Waals surface area contributed by atoms with Crippen molar-refractivity contribution >= 4 is 16.9 Å². The van der Waals surface area contributed by atoms with Crippen molar-refractivity contribution in [3.63, 3.8) is 0 Å². The molecular formula is C12H11NO2. The molecule has 3 heteroatoms. The lowest BCUT2D eigenvalue weighted by Crippen LogP contribution is -2.07. The van der Waals surface area contributed by atoms with Crippen molar-refractivity contribution in [2.45, 2.75) is 12.8 Å². The van der Waals surface area contributed by atoms with Crippen molar-refractivity contribution in [2.75, 3.05) is 0 Å². The highest BCUT2D eigenvalue weighted by molar-refractivity contribution is 5.82. The van der Waals surface area contributed by atoms with Crippen LogP contribution in [-0.4, -0.2) is 16.1 Å². The van der Waals surface area contributed by atoms with Crippen LogP contribution >= 0.6 is 0 Å². The Bertz CT molecular complexity index is 508. The third-order valence-corrected chi connectivity index (χ3v) is 2.50. The van der Waals surface area contributed by atoms with Crippen molar-refractivity contribution in [3.8, 4) is 0 Å². The predicted octanol–water partition coefficient (Wildman–Crippen LogP) is 2.42. The highest BCUT2D eigenvalue weighted by Gasteiger charge is 2.13. The van der Waals surface area contributed by atoms with Gasteiger partial charge in [0.15, 0.2) is 0 Å². The third kappa shape index (κ3) is 1.81. The normalized spacial score (nSPS) is 12.6. The number of rotatable bonds is 2. The Labute approximate surface area is 87.4 Å². The Morgan fingerprint density at radius 1 is 1.40 bits per heavy atom. The monoisotopic (exact) mass is 201 g/mol. The summed E-state index contributed by atoms with van der Waals surface area (Å²) in [6.07, 6.45) is 1.71. The molecule has 3 nitrogen and oxygen atoms in total. The first-order valence-electron chi connectivity index (χ1n) is 4.76. The van der Waals surface area contributed by atoms with Gasteiger partial charge in [-0.1, -0.05) is 18.2 Å². The molecular weight excluding hydrogens is 190 g/mol. The molecule has 0 saturated heterocycles. The molecule has 1 atom stereocenters. The quantitative estimate of drug-likeness (QED) is 0.811. The van der Waals surface area contributed by atoms with E-state index in [4.69, 9.17) is 5.11 Å². The highest BCUT2D eigenvalue weighted by Crippen LogP contribution is 2.20. The van der Waals surface area contributed by atoms with Crippen LogP contribution in [0.4, 0.5) is 0 Å². The van der Waals surface area contributed by atoms with Gasteiger partial charge in [0.05, 0.1) is 11.4 Å². The summed E-state index contributed by atoms with van der Waals surface area (Å²) in [6.45, 7) is 1.67. The molecule has 0 aliphatic carbocycles. The molecule has 0 saturated carbocycles. The van der Waals surface area contributed by atoms with Gasteiger partial charge >= 0.3 is 5.97 Å². The average Bonchev–Trinajstić information content (AvgIpc) is 2.27. The third-order valence-electron chi connectivity index (χ3n) is 2.50. The zero-order valence-electron chi connectivity index (χ0n) is 8.34. The molecule has 2 rings (SSSR count). The number of fused-ring (bicyclic) bond motifs is 1. The Hall–Kier alpha value is -1.90. The van der Waals surface area contributed by atoms with Gasteiger partial charge in [-0.3, -0.25) is 9.78 Å². The fourth-order valence-electron chi connectivity index (χ4n) is 1.50. The number of carboxylic acids is 1. The second kappa shape index (κ2) is 3.69. The highest BCUT2D eigenvalue weighted by atomic mass is 16.4. The Balaban J connectivity index is 2.51. The van der Waals surface area contributed by atoms with Gasteiger partial charge in [0.2, 0.25) is 0 Å². The standard InChI is InChI=1S/C12H11NO2/c1-8(12(14)15)10-5-4-9-3-2-6-13-11(9)7-10/h2-8H,1H3,(H,14,15)/t8-/m1/s1. The van der Waals surface area contributed by atoms with Crippen LogP contribution in [0.2, 0.25) is 0 Å². The number of aliphatic carboxylic acids is 1. The van der Waals surface area contributed by atoms with Gasteiger partial charge in [0.25, 0.3) is 0 Å². The van der Waals surface area contributed by atoms with Crippen LogP contribution in [0.3, 0.4) is 0 Å². The number of carboxylic acid groups (broad SMARTS) is 1. The van der Waals surface area contributed by atoms with Gasteiger partial charge in [-0.05, 0) is 24.6 Å². The SMILES string of the molecule is C[C@@H](C(=O)O)c1ccc2cccnc2c1. The molecule has 0 spiro atoms. The number of nitrogens with zero attached hydrogens (tertiary/aromatic N) is 1. The van der Waals surface area contributed by atoms with Gasteiger partial charge in [-0.2, -0.15) is 0 Å². The van der Waals surface area contributed by atoms with Crippen molar-refractivity contribution in [3.05, 3.63) is 42.1 Å². The van der Waals surface area contributed by atoms with E-state index >= 15 is 0 Å². The molecule has 15 heavy (non-hydrogen) atoms. The minimum atomic E-state index is -0.815. The summed E-state index contributed by atoms with van der Waals surface area (Å²) >= 11 is 0. The summed E-state index contributed by atoms with van der Waals surface area (Å²) in [5.74, 6) is -1.30. The number of aromatic nitrogens is 1. The van der Waals surface area contributed by atoms with E-state index < -0.39 is 11.9 Å². The number of hydrogen-bond acceptors (Lipinski definition) is 2. The number of benzene rings is 1. The summed E-state index contributed by atoms with van der Waals surface area (Å²) in [4.78, 5) is 15.0. The maximum absolute atomic E-state index is 10.8. The molecule has 76 valence electrons. The Morgan fingerprint density at radius 2 is 2.20 bits per heavy atom. The lowest BCUT2D eigenvalue weighted by molar-refractivity contribution is -0.138. The van der Waals surface area contributed by atoms with Gasteiger partial charge < -0.3 is 5.11 Å². The van der Waals surface area contributed by atoms with Gasteiger partial charge in [-0.25, -0.2) is 0 Å². The molecule has 0 unspecified atom stereocenters. The zero-order chi connectivity index (χ0) is 10.8. The minimum Gasteiger partial charge on any atom is -0.481 e. The molecule has 0 aliphatic heterocycles. The lowest BCUT2D eigenvalue weighted by Gasteiger charge is -2.06. The predicted molar refractivity (Wildman–Crippen MR) is 57.8 cm³/mol. The van der Waals surface area contributed by atoms with E-state index in [1.165, 1.54) is 0 Å². The van der Waals surface area contributed by atoms with Gasteiger partial charge in [-0.15, -0.1) is 0 Å². The Kier molecular flexibility index (Phi) is 2.37. The smallest absolute Gasteiger partial charge is 0.310 e. The molecule has 1 N–H and O–H groups in total. The molecule has 0 fully saturated rings. The van der Waals surface area contributed by atoms with Crippen LogP contribution in [0, 0.1) is 0 Å². The molecule has 1 aromatic carbocycles. The molecule has 0 amide bonds. The first-order chi connectivity index (χ1) is 7.18. The molecule has 1 aromatic heterocycles. The lowest BCUT2D eigenvalue weighted by atomic mass is 10.00. The van der Waals surface area contributed by atoms with Crippen LogP contribution in [0.25, 0.3) is 10.9 Å². The molecule has 1 heterocycles. The second-order valence-corrected chi connectivity index (χ2v) is 3.52. The fourth-order valence-corrected chi connectivity index (χ4v) is 1.50. The van der Waals surface area contributed by atoms with E-state index in [1.807, 2.05) is 30.3 Å². The summed E-state index contributed by atoms with van der Waals surface area (Å²) in [5.41, 5.74) is 1.62. The Morgan fingerprint density at radius 3 is 2.93 bits per heavy atom. The summed E-state index contributed by atoms with van der Waals surface area (Å²) in [6, 6.07) is 9.38. The molecule has 0 bridgehead atoms.